The maximum absolute atomic E-state index is 12.6. The average Bonchev–Trinajstić information content (AvgIpc) is 2.86. The molecule has 0 aromatic heterocycles. The number of rotatable bonds is 4. The van der Waals surface area contributed by atoms with Crippen LogP contribution in [0.3, 0.4) is 0 Å². The van der Waals surface area contributed by atoms with E-state index in [0.717, 1.165) is 12.8 Å². The van der Waals surface area contributed by atoms with Gasteiger partial charge in [-0.3, -0.25) is 9.59 Å². The molecule has 2 saturated heterocycles. The molecule has 0 aromatic rings. The predicted molar refractivity (Wildman–Crippen MR) is 76.5 cm³/mol. The van der Waals surface area contributed by atoms with Crippen LogP contribution < -0.4 is 0 Å². The average molecular weight is 296 g/mol. The van der Waals surface area contributed by atoms with E-state index < -0.39 is 12.0 Å². The van der Waals surface area contributed by atoms with Crippen molar-refractivity contribution in [3.8, 4) is 0 Å². The molecular formula is C15H24N2O4. The van der Waals surface area contributed by atoms with Crippen molar-refractivity contribution in [3.05, 3.63) is 0 Å². The first kappa shape index (κ1) is 15.8. The summed E-state index contributed by atoms with van der Waals surface area (Å²) in [6.07, 6.45) is 2.53. The summed E-state index contributed by atoms with van der Waals surface area (Å²) in [6, 6.07) is -0.734. The summed E-state index contributed by atoms with van der Waals surface area (Å²) in [4.78, 5) is 39.0. The van der Waals surface area contributed by atoms with Crippen molar-refractivity contribution in [2.75, 3.05) is 19.6 Å². The predicted octanol–water partition coefficient (Wildman–Crippen LogP) is 0.957. The molecule has 0 saturated carbocycles. The second-order valence-electron chi connectivity index (χ2n) is 6.02. The lowest BCUT2D eigenvalue weighted by Crippen LogP contribution is -2.52. The minimum Gasteiger partial charge on any atom is -0.480 e. The number of nitrogens with zero attached hydrogens (tertiary/aromatic N) is 2. The van der Waals surface area contributed by atoms with Gasteiger partial charge in [-0.1, -0.05) is 13.3 Å². The summed E-state index contributed by atoms with van der Waals surface area (Å²) < 4.78 is 0. The van der Waals surface area contributed by atoms with E-state index in [1.165, 1.54) is 4.90 Å². The second kappa shape index (κ2) is 6.45. The van der Waals surface area contributed by atoms with Gasteiger partial charge in [0.25, 0.3) is 0 Å². The van der Waals surface area contributed by atoms with E-state index in [1.54, 1.807) is 4.90 Å². The number of carbonyl (C=O) groups is 3. The fourth-order valence-corrected chi connectivity index (χ4v) is 3.38. The van der Waals surface area contributed by atoms with Crippen molar-refractivity contribution in [3.63, 3.8) is 0 Å². The van der Waals surface area contributed by atoms with Crippen LogP contribution in [0.5, 0.6) is 0 Å². The van der Waals surface area contributed by atoms with Crippen LogP contribution in [0, 0.1) is 11.8 Å². The Bertz CT molecular complexity index is 437. The van der Waals surface area contributed by atoms with Crippen LogP contribution in [0.2, 0.25) is 0 Å². The van der Waals surface area contributed by atoms with Crippen LogP contribution in [-0.4, -0.2) is 58.4 Å². The first-order valence-electron chi connectivity index (χ1n) is 7.78. The maximum atomic E-state index is 12.6. The minimum absolute atomic E-state index is 0.00818. The molecule has 2 heterocycles. The largest absolute Gasteiger partial charge is 0.480 e. The van der Waals surface area contributed by atoms with Crippen LogP contribution in [0.4, 0.5) is 0 Å². The summed E-state index contributed by atoms with van der Waals surface area (Å²) in [5, 5.41) is 9.39. The molecule has 2 fully saturated rings. The van der Waals surface area contributed by atoms with Gasteiger partial charge in [0, 0.05) is 26.1 Å². The molecule has 2 rings (SSSR count). The molecule has 21 heavy (non-hydrogen) atoms. The Morgan fingerprint density at radius 1 is 1.33 bits per heavy atom. The molecule has 2 aliphatic rings. The van der Waals surface area contributed by atoms with E-state index in [2.05, 4.69) is 6.92 Å². The molecule has 6 nitrogen and oxygen atoms in total. The summed E-state index contributed by atoms with van der Waals surface area (Å²) in [5.74, 6) is -1.12. The standard InChI is InChI=1S/C15H24N2O4/c1-3-10-5-6-17(12(7-10)15(20)21)14(19)11-8-13(18)16(4-2)9-11/h10-12H,3-9H2,1-2H3,(H,20,21). The van der Waals surface area contributed by atoms with Crippen molar-refractivity contribution in [1.29, 1.82) is 0 Å². The number of carboxylic acids is 1. The minimum atomic E-state index is -0.932. The van der Waals surface area contributed by atoms with E-state index >= 15 is 0 Å². The topological polar surface area (TPSA) is 77.9 Å². The summed E-state index contributed by atoms with van der Waals surface area (Å²) in [6.45, 7) is 5.45. The van der Waals surface area contributed by atoms with E-state index in [-0.39, 0.29) is 24.2 Å². The molecule has 0 bridgehead atoms. The Morgan fingerprint density at radius 2 is 2.05 bits per heavy atom. The molecular weight excluding hydrogens is 272 g/mol. The highest BCUT2D eigenvalue weighted by molar-refractivity contribution is 5.91. The molecule has 0 radical (unpaired) electrons. The van der Waals surface area contributed by atoms with Gasteiger partial charge in [0.05, 0.1) is 5.92 Å². The zero-order valence-electron chi connectivity index (χ0n) is 12.7. The van der Waals surface area contributed by atoms with Gasteiger partial charge in [0.15, 0.2) is 0 Å². The molecule has 2 amide bonds. The van der Waals surface area contributed by atoms with Crippen molar-refractivity contribution < 1.29 is 19.5 Å². The number of aliphatic carboxylic acids is 1. The van der Waals surface area contributed by atoms with Gasteiger partial charge in [-0.2, -0.15) is 0 Å². The number of amides is 2. The second-order valence-corrected chi connectivity index (χ2v) is 6.02. The zero-order valence-corrected chi connectivity index (χ0v) is 12.7. The van der Waals surface area contributed by atoms with Gasteiger partial charge in [0.2, 0.25) is 11.8 Å². The van der Waals surface area contributed by atoms with E-state index in [1.807, 2.05) is 6.92 Å². The summed E-state index contributed by atoms with van der Waals surface area (Å²) in [5.41, 5.74) is 0. The lowest BCUT2D eigenvalue weighted by atomic mass is 9.88. The van der Waals surface area contributed by atoms with Crippen molar-refractivity contribution in [1.82, 2.24) is 9.80 Å². The SMILES string of the molecule is CCC1CCN(C(=O)C2CC(=O)N(CC)C2)C(C(=O)O)C1. The van der Waals surface area contributed by atoms with Gasteiger partial charge in [-0.05, 0) is 25.7 Å². The monoisotopic (exact) mass is 296 g/mol. The van der Waals surface area contributed by atoms with Crippen molar-refractivity contribution in [2.45, 2.75) is 45.6 Å². The molecule has 3 atom stereocenters. The number of carbonyl (C=O) groups excluding carboxylic acids is 2. The molecule has 0 aromatic carbocycles. The van der Waals surface area contributed by atoms with Crippen LogP contribution in [-0.2, 0) is 14.4 Å². The number of hydrogen-bond donors (Lipinski definition) is 1. The molecule has 2 aliphatic heterocycles. The Hall–Kier alpha value is -1.59. The number of likely N-dealkylation sites (tertiary alicyclic amines) is 2. The Morgan fingerprint density at radius 3 is 2.57 bits per heavy atom. The number of piperidine rings is 1. The number of carboxylic acid groups (broad SMARTS) is 1. The van der Waals surface area contributed by atoms with Gasteiger partial charge < -0.3 is 14.9 Å². The lowest BCUT2D eigenvalue weighted by Gasteiger charge is -2.38. The first-order valence-corrected chi connectivity index (χ1v) is 7.78. The molecule has 3 unspecified atom stereocenters. The highest BCUT2D eigenvalue weighted by atomic mass is 16.4. The smallest absolute Gasteiger partial charge is 0.326 e. The highest BCUT2D eigenvalue weighted by Crippen LogP contribution is 2.29. The molecule has 6 heteroatoms. The zero-order chi connectivity index (χ0) is 15.6. The van der Waals surface area contributed by atoms with Crippen molar-refractivity contribution in [2.24, 2.45) is 11.8 Å². The van der Waals surface area contributed by atoms with Gasteiger partial charge >= 0.3 is 5.97 Å². The lowest BCUT2D eigenvalue weighted by molar-refractivity contribution is -0.155. The maximum Gasteiger partial charge on any atom is 0.326 e. The fraction of sp³-hybridized carbons (Fsp3) is 0.800. The fourth-order valence-electron chi connectivity index (χ4n) is 3.38. The van der Waals surface area contributed by atoms with Crippen LogP contribution >= 0.6 is 0 Å². The quantitative estimate of drug-likeness (QED) is 0.838. The molecule has 0 aliphatic carbocycles. The third-order valence-corrected chi connectivity index (χ3v) is 4.80. The first-order chi connectivity index (χ1) is 9.97. The van der Waals surface area contributed by atoms with Gasteiger partial charge in [0.1, 0.15) is 6.04 Å². The third kappa shape index (κ3) is 3.19. The highest BCUT2D eigenvalue weighted by Gasteiger charge is 2.41. The Kier molecular flexibility index (Phi) is 4.85. The van der Waals surface area contributed by atoms with E-state index in [9.17, 15) is 19.5 Å². The Labute approximate surface area is 125 Å². The third-order valence-electron chi connectivity index (χ3n) is 4.80. The summed E-state index contributed by atoms with van der Waals surface area (Å²) in [7, 11) is 0. The van der Waals surface area contributed by atoms with Gasteiger partial charge in [-0.15, -0.1) is 0 Å². The normalized spacial score (nSPS) is 29.8. The van der Waals surface area contributed by atoms with Crippen LogP contribution in [0.25, 0.3) is 0 Å². The molecule has 1 N–H and O–H groups in total. The van der Waals surface area contributed by atoms with E-state index in [4.69, 9.17) is 0 Å². The summed E-state index contributed by atoms with van der Waals surface area (Å²) >= 11 is 0. The van der Waals surface area contributed by atoms with E-state index in [0.29, 0.717) is 32.0 Å². The number of hydrogen-bond acceptors (Lipinski definition) is 3. The molecule has 0 spiro atoms. The Balaban J connectivity index is 2.07. The molecule has 118 valence electrons. The van der Waals surface area contributed by atoms with Crippen LogP contribution in [0.15, 0.2) is 0 Å². The van der Waals surface area contributed by atoms with Crippen LogP contribution in [0.1, 0.15) is 39.5 Å². The van der Waals surface area contributed by atoms with Gasteiger partial charge in [-0.25, -0.2) is 4.79 Å². The van der Waals surface area contributed by atoms with Crippen molar-refractivity contribution >= 4 is 17.8 Å².